The Morgan fingerprint density at radius 3 is 2.44 bits per heavy atom. The van der Waals surface area contributed by atoms with Gasteiger partial charge in [0, 0.05) is 0 Å². The van der Waals surface area contributed by atoms with Gasteiger partial charge in [-0.25, -0.2) is 0 Å². The van der Waals surface area contributed by atoms with Crippen molar-refractivity contribution in [1.29, 1.82) is 0 Å². The maximum Gasteiger partial charge on any atom is -0.00134 e. The van der Waals surface area contributed by atoms with Crippen LogP contribution in [0.5, 0.6) is 0 Å². The molecule has 0 aromatic rings. The maximum atomic E-state index is 3.49. The van der Waals surface area contributed by atoms with Crippen LogP contribution in [0.15, 0.2) is 0 Å². The Kier molecular flexibility index (Phi) is 4.25. The predicted octanol–water partition coefficient (Wildman–Crippen LogP) is 3.03. The molecule has 1 saturated carbocycles. The number of likely N-dealkylation sites (tertiary alicyclic amines) is 1. The van der Waals surface area contributed by atoms with E-state index in [4.69, 9.17) is 0 Å². The van der Waals surface area contributed by atoms with Crippen molar-refractivity contribution in [2.24, 2.45) is 11.3 Å². The molecule has 2 heterocycles. The minimum atomic E-state index is 0.781. The van der Waals surface area contributed by atoms with Crippen molar-refractivity contribution in [3.05, 3.63) is 0 Å². The SMILES string of the molecule is C1CCC2(CC1)CCN(CCC1CCNC1)CC2. The molecule has 1 unspecified atom stereocenters. The Balaban J connectivity index is 1.39. The molecule has 2 saturated heterocycles. The summed E-state index contributed by atoms with van der Waals surface area (Å²) < 4.78 is 0. The quantitative estimate of drug-likeness (QED) is 0.828. The third-order valence-corrected chi connectivity index (χ3v) is 5.85. The van der Waals surface area contributed by atoms with Crippen LogP contribution in [-0.4, -0.2) is 37.6 Å². The van der Waals surface area contributed by atoms with Gasteiger partial charge in [0.05, 0.1) is 0 Å². The topological polar surface area (TPSA) is 15.3 Å². The molecule has 0 aromatic carbocycles. The Hall–Kier alpha value is -0.0800. The average Bonchev–Trinajstić information content (AvgIpc) is 2.93. The summed E-state index contributed by atoms with van der Waals surface area (Å²) in [4.78, 5) is 2.75. The number of hydrogen-bond acceptors (Lipinski definition) is 2. The number of nitrogens with one attached hydrogen (secondary N) is 1. The Labute approximate surface area is 113 Å². The van der Waals surface area contributed by atoms with Crippen LogP contribution in [0.4, 0.5) is 0 Å². The van der Waals surface area contributed by atoms with Gasteiger partial charge in [-0.1, -0.05) is 19.3 Å². The van der Waals surface area contributed by atoms with Gasteiger partial charge in [0.15, 0.2) is 0 Å². The van der Waals surface area contributed by atoms with Gasteiger partial charge in [0.25, 0.3) is 0 Å². The summed E-state index contributed by atoms with van der Waals surface area (Å²) in [6.07, 6.45) is 13.4. The minimum absolute atomic E-state index is 0.781. The molecule has 3 aliphatic rings. The molecule has 1 atom stereocenters. The first-order chi connectivity index (χ1) is 8.86. The van der Waals surface area contributed by atoms with E-state index in [0.717, 1.165) is 11.3 Å². The smallest absolute Gasteiger partial charge is 0.00134 e. The van der Waals surface area contributed by atoms with Gasteiger partial charge in [-0.15, -0.1) is 0 Å². The highest BCUT2D eigenvalue weighted by Gasteiger charge is 2.35. The molecule has 0 bridgehead atoms. The lowest BCUT2D eigenvalue weighted by Gasteiger charge is -2.44. The van der Waals surface area contributed by atoms with Crippen LogP contribution in [0.2, 0.25) is 0 Å². The molecule has 3 fully saturated rings. The Morgan fingerprint density at radius 1 is 1.00 bits per heavy atom. The van der Waals surface area contributed by atoms with E-state index in [9.17, 15) is 0 Å². The molecule has 3 rings (SSSR count). The highest BCUT2D eigenvalue weighted by atomic mass is 15.1. The first kappa shape index (κ1) is 12.9. The van der Waals surface area contributed by atoms with Gasteiger partial charge in [-0.3, -0.25) is 0 Å². The highest BCUT2D eigenvalue weighted by molar-refractivity contribution is 4.88. The summed E-state index contributed by atoms with van der Waals surface area (Å²) in [5, 5.41) is 3.49. The molecule has 1 aliphatic carbocycles. The lowest BCUT2D eigenvalue weighted by molar-refractivity contribution is 0.0653. The lowest BCUT2D eigenvalue weighted by atomic mass is 9.68. The Morgan fingerprint density at radius 2 is 1.78 bits per heavy atom. The van der Waals surface area contributed by atoms with E-state index in [1.807, 2.05) is 0 Å². The summed E-state index contributed by atoms with van der Waals surface area (Å²) in [5.74, 6) is 0.968. The largest absolute Gasteiger partial charge is 0.316 e. The van der Waals surface area contributed by atoms with E-state index in [1.54, 1.807) is 0 Å². The van der Waals surface area contributed by atoms with Gasteiger partial charge in [-0.05, 0) is 82.6 Å². The van der Waals surface area contributed by atoms with Crippen molar-refractivity contribution < 1.29 is 0 Å². The van der Waals surface area contributed by atoms with Crippen molar-refractivity contribution in [1.82, 2.24) is 10.2 Å². The molecular weight excluding hydrogens is 220 g/mol. The maximum absolute atomic E-state index is 3.49. The first-order valence-corrected chi connectivity index (χ1v) is 8.29. The van der Waals surface area contributed by atoms with Crippen LogP contribution in [0.25, 0.3) is 0 Å². The summed E-state index contributed by atoms with van der Waals surface area (Å²) in [5.41, 5.74) is 0.781. The van der Waals surface area contributed by atoms with Crippen LogP contribution >= 0.6 is 0 Å². The molecule has 0 aromatic heterocycles. The van der Waals surface area contributed by atoms with Crippen molar-refractivity contribution in [3.63, 3.8) is 0 Å². The minimum Gasteiger partial charge on any atom is -0.316 e. The van der Waals surface area contributed by atoms with Crippen molar-refractivity contribution in [2.75, 3.05) is 32.7 Å². The second-order valence-corrected chi connectivity index (χ2v) is 7.05. The fraction of sp³-hybridized carbons (Fsp3) is 1.00. The molecule has 2 nitrogen and oxygen atoms in total. The van der Waals surface area contributed by atoms with Gasteiger partial charge < -0.3 is 10.2 Å². The van der Waals surface area contributed by atoms with E-state index in [0.29, 0.717) is 0 Å². The summed E-state index contributed by atoms with van der Waals surface area (Å²) in [7, 11) is 0. The van der Waals surface area contributed by atoms with Crippen molar-refractivity contribution >= 4 is 0 Å². The van der Waals surface area contributed by atoms with Crippen LogP contribution in [0.3, 0.4) is 0 Å². The van der Waals surface area contributed by atoms with E-state index < -0.39 is 0 Å². The fourth-order valence-electron chi connectivity index (χ4n) is 4.38. The van der Waals surface area contributed by atoms with Gasteiger partial charge in [0.2, 0.25) is 0 Å². The van der Waals surface area contributed by atoms with Crippen molar-refractivity contribution in [2.45, 2.75) is 57.8 Å². The van der Waals surface area contributed by atoms with Gasteiger partial charge >= 0.3 is 0 Å². The zero-order valence-electron chi connectivity index (χ0n) is 11.9. The molecule has 2 heteroatoms. The normalized spacial score (nSPS) is 33.0. The highest BCUT2D eigenvalue weighted by Crippen LogP contribution is 2.44. The van der Waals surface area contributed by atoms with Crippen LogP contribution < -0.4 is 5.32 Å². The molecule has 0 amide bonds. The third-order valence-electron chi connectivity index (χ3n) is 5.85. The monoisotopic (exact) mass is 250 g/mol. The molecule has 18 heavy (non-hydrogen) atoms. The van der Waals surface area contributed by atoms with E-state index in [1.165, 1.54) is 90.5 Å². The summed E-state index contributed by atoms with van der Waals surface area (Å²) >= 11 is 0. The number of nitrogens with zero attached hydrogens (tertiary/aromatic N) is 1. The number of rotatable bonds is 3. The third kappa shape index (κ3) is 3.08. The molecule has 1 N–H and O–H groups in total. The van der Waals surface area contributed by atoms with Gasteiger partial charge in [0.1, 0.15) is 0 Å². The van der Waals surface area contributed by atoms with Crippen LogP contribution in [-0.2, 0) is 0 Å². The first-order valence-electron chi connectivity index (χ1n) is 8.29. The molecule has 1 spiro atoms. The second-order valence-electron chi connectivity index (χ2n) is 7.05. The molecule has 0 radical (unpaired) electrons. The summed E-state index contributed by atoms with van der Waals surface area (Å²) in [6, 6.07) is 0. The van der Waals surface area contributed by atoms with Crippen molar-refractivity contribution in [3.8, 4) is 0 Å². The van der Waals surface area contributed by atoms with Crippen LogP contribution in [0, 0.1) is 11.3 Å². The molecule has 104 valence electrons. The Bertz CT molecular complexity index is 242. The number of hydrogen-bond donors (Lipinski definition) is 1. The van der Waals surface area contributed by atoms with Crippen LogP contribution in [0.1, 0.15) is 57.8 Å². The van der Waals surface area contributed by atoms with E-state index in [2.05, 4.69) is 10.2 Å². The number of piperidine rings is 1. The average molecular weight is 250 g/mol. The van der Waals surface area contributed by atoms with E-state index >= 15 is 0 Å². The summed E-state index contributed by atoms with van der Waals surface area (Å²) in [6.45, 7) is 6.67. The van der Waals surface area contributed by atoms with Gasteiger partial charge in [-0.2, -0.15) is 0 Å². The predicted molar refractivity (Wildman–Crippen MR) is 76.8 cm³/mol. The molecule has 2 aliphatic heterocycles. The zero-order valence-corrected chi connectivity index (χ0v) is 11.9. The second kappa shape index (κ2) is 5.92. The zero-order chi connectivity index (χ0) is 12.3. The van der Waals surface area contributed by atoms with E-state index in [-0.39, 0.29) is 0 Å². The molecular formula is C16H30N2. The lowest BCUT2D eigenvalue weighted by Crippen LogP contribution is -2.41. The standard InChI is InChI=1S/C16H30N2/c1-2-6-16(7-3-1)8-12-18(13-9-16)11-5-15-4-10-17-14-15/h15,17H,1-14H2. The fourth-order valence-corrected chi connectivity index (χ4v) is 4.38.